The number of halogens is 2. The number of nitrogens with zero attached hydrogens (tertiary/aromatic N) is 2. The molecule has 2 amide bonds. The van der Waals surface area contributed by atoms with Gasteiger partial charge in [0.05, 0.1) is 10.6 Å². The van der Waals surface area contributed by atoms with E-state index in [2.05, 4.69) is 20.9 Å². The van der Waals surface area contributed by atoms with E-state index in [9.17, 15) is 9.59 Å². The number of amides is 2. The Morgan fingerprint density at radius 3 is 2.57 bits per heavy atom. The summed E-state index contributed by atoms with van der Waals surface area (Å²) < 4.78 is 0. The second-order valence-corrected chi connectivity index (χ2v) is 7.21. The third-order valence-corrected chi connectivity index (χ3v) is 4.71. The highest BCUT2D eigenvalue weighted by atomic mass is 127. The van der Waals surface area contributed by atoms with Crippen LogP contribution in [0.3, 0.4) is 0 Å². The van der Waals surface area contributed by atoms with Crippen molar-refractivity contribution in [2.24, 2.45) is 10.9 Å². The predicted octanol–water partition coefficient (Wildman–Crippen LogP) is 2.11. The normalized spacial score (nSPS) is 16.5. The van der Waals surface area contributed by atoms with Crippen LogP contribution in [-0.4, -0.2) is 61.9 Å². The van der Waals surface area contributed by atoms with Gasteiger partial charge in [0.1, 0.15) is 0 Å². The summed E-state index contributed by atoms with van der Waals surface area (Å²) in [6.45, 7) is 6.24. The lowest BCUT2D eigenvalue weighted by atomic mass is 10.2. The molecule has 3 N–H and O–H groups in total. The SMILES string of the molecule is CN=C(NCCNC(=O)c1ccccc1Cl)NC1CCN(C(=O)C(C)C)C1.I. The molecule has 1 aliphatic rings. The molecular formula is C19H29ClIN5O2. The number of benzene rings is 1. The van der Waals surface area contributed by atoms with E-state index >= 15 is 0 Å². The molecule has 1 aromatic rings. The minimum atomic E-state index is -0.205. The van der Waals surface area contributed by atoms with E-state index in [0.29, 0.717) is 36.2 Å². The molecule has 7 nitrogen and oxygen atoms in total. The zero-order chi connectivity index (χ0) is 19.8. The third kappa shape index (κ3) is 7.12. The molecule has 1 heterocycles. The van der Waals surface area contributed by atoms with Crippen LogP contribution in [0.15, 0.2) is 29.3 Å². The van der Waals surface area contributed by atoms with Gasteiger partial charge in [-0.15, -0.1) is 24.0 Å². The van der Waals surface area contributed by atoms with Crippen molar-refractivity contribution < 1.29 is 9.59 Å². The fourth-order valence-electron chi connectivity index (χ4n) is 2.93. The Morgan fingerprint density at radius 2 is 1.93 bits per heavy atom. The maximum absolute atomic E-state index is 12.1. The molecule has 28 heavy (non-hydrogen) atoms. The van der Waals surface area contributed by atoms with Gasteiger partial charge in [0.15, 0.2) is 5.96 Å². The van der Waals surface area contributed by atoms with Crippen LogP contribution in [0.25, 0.3) is 0 Å². The zero-order valence-electron chi connectivity index (χ0n) is 16.5. The van der Waals surface area contributed by atoms with E-state index < -0.39 is 0 Å². The van der Waals surface area contributed by atoms with Crippen molar-refractivity contribution in [3.8, 4) is 0 Å². The summed E-state index contributed by atoms with van der Waals surface area (Å²) in [6.07, 6.45) is 0.891. The second kappa shape index (κ2) is 12.1. The third-order valence-electron chi connectivity index (χ3n) is 4.38. The smallest absolute Gasteiger partial charge is 0.252 e. The van der Waals surface area contributed by atoms with Gasteiger partial charge in [-0.3, -0.25) is 14.6 Å². The fourth-order valence-corrected chi connectivity index (χ4v) is 3.15. The highest BCUT2D eigenvalue weighted by Crippen LogP contribution is 2.14. The van der Waals surface area contributed by atoms with E-state index in [1.807, 2.05) is 18.7 Å². The van der Waals surface area contributed by atoms with E-state index in [0.717, 1.165) is 13.0 Å². The highest BCUT2D eigenvalue weighted by Gasteiger charge is 2.27. The Balaban J connectivity index is 0.00000392. The van der Waals surface area contributed by atoms with Crippen molar-refractivity contribution >= 4 is 53.4 Å². The lowest BCUT2D eigenvalue weighted by molar-refractivity contribution is -0.133. The molecule has 9 heteroatoms. The van der Waals surface area contributed by atoms with Crippen LogP contribution in [0, 0.1) is 5.92 Å². The molecule has 156 valence electrons. The van der Waals surface area contributed by atoms with Crippen molar-refractivity contribution in [3.63, 3.8) is 0 Å². The molecule has 0 saturated carbocycles. The van der Waals surface area contributed by atoms with Gasteiger partial charge in [0.2, 0.25) is 5.91 Å². The summed E-state index contributed by atoms with van der Waals surface area (Å²) in [6, 6.07) is 7.12. The Bertz CT molecular complexity index is 699. The number of aliphatic imine (C=N–C) groups is 1. The van der Waals surface area contributed by atoms with Gasteiger partial charge in [-0.1, -0.05) is 37.6 Å². The monoisotopic (exact) mass is 521 g/mol. The molecule has 1 fully saturated rings. The molecule has 0 spiro atoms. The summed E-state index contributed by atoms with van der Waals surface area (Å²) in [5.41, 5.74) is 0.461. The number of likely N-dealkylation sites (tertiary alicyclic amines) is 1. The number of guanidine groups is 1. The van der Waals surface area contributed by atoms with Gasteiger partial charge in [-0.05, 0) is 18.6 Å². The van der Waals surface area contributed by atoms with E-state index in [-0.39, 0.29) is 47.8 Å². The largest absolute Gasteiger partial charge is 0.355 e. The van der Waals surface area contributed by atoms with Crippen LogP contribution >= 0.6 is 35.6 Å². The molecule has 1 atom stereocenters. The minimum absolute atomic E-state index is 0. The first-order valence-electron chi connectivity index (χ1n) is 9.21. The number of hydrogen-bond acceptors (Lipinski definition) is 3. The van der Waals surface area contributed by atoms with Crippen LogP contribution in [0.1, 0.15) is 30.6 Å². The molecule has 0 aromatic heterocycles. The van der Waals surface area contributed by atoms with Crippen molar-refractivity contribution in [1.29, 1.82) is 0 Å². The summed E-state index contributed by atoms with van der Waals surface area (Å²) in [5, 5.41) is 9.76. The molecular weight excluding hydrogens is 493 g/mol. The molecule has 1 unspecified atom stereocenters. The Kier molecular flexibility index (Phi) is 10.6. The van der Waals surface area contributed by atoms with Gasteiger partial charge in [-0.2, -0.15) is 0 Å². The maximum atomic E-state index is 12.1. The molecule has 0 radical (unpaired) electrons. The highest BCUT2D eigenvalue weighted by molar-refractivity contribution is 14.0. The van der Waals surface area contributed by atoms with Crippen molar-refractivity contribution in [1.82, 2.24) is 20.9 Å². The van der Waals surface area contributed by atoms with Crippen molar-refractivity contribution in [2.45, 2.75) is 26.3 Å². The first-order valence-corrected chi connectivity index (χ1v) is 9.59. The Morgan fingerprint density at radius 1 is 1.25 bits per heavy atom. The lowest BCUT2D eigenvalue weighted by Crippen LogP contribution is -2.47. The summed E-state index contributed by atoms with van der Waals surface area (Å²) in [5.74, 6) is 0.655. The number of rotatable bonds is 6. The van der Waals surface area contributed by atoms with Crippen LogP contribution in [0.5, 0.6) is 0 Å². The van der Waals surface area contributed by atoms with Gasteiger partial charge < -0.3 is 20.9 Å². The van der Waals surface area contributed by atoms with E-state index in [4.69, 9.17) is 11.6 Å². The van der Waals surface area contributed by atoms with Crippen LogP contribution < -0.4 is 16.0 Å². The lowest BCUT2D eigenvalue weighted by Gasteiger charge is -2.20. The number of nitrogens with one attached hydrogen (secondary N) is 3. The zero-order valence-corrected chi connectivity index (χ0v) is 19.6. The Hall–Kier alpha value is -1.55. The molecule has 1 aliphatic heterocycles. The molecule has 1 aromatic carbocycles. The van der Waals surface area contributed by atoms with Gasteiger partial charge >= 0.3 is 0 Å². The molecule has 0 bridgehead atoms. The van der Waals surface area contributed by atoms with Gasteiger partial charge in [0, 0.05) is 45.2 Å². The fraction of sp³-hybridized carbons (Fsp3) is 0.526. The number of hydrogen-bond donors (Lipinski definition) is 3. The standard InChI is InChI=1S/C19H28ClN5O2.HI/c1-13(2)18(27)25-11-8-14(12-25)24-19(21-3)23-10-9-22-17(26)15-6-4-5-7-16(15)20;/h4-7,13-14H,8-12H2,1-3H3,(H,22,26)(H2,21,23,24);1H. The average molecular weight is 522 g/mol. The molecule has 1 saturated heterocycles. The van der Waals surface area contributed by atoms with Crippen LogP contribution in [-0.2, 0) is 4.79 Å². The quantitative estimate of drug-likeness (QED) is 0.232. The number of carbonyl (C=O) groups is 2. The van der Waals surface area contributed by atoms with Crippen molar-refractivity contribution in [3.05, 3.63) is 34.9 Å². The maximum Gasteiger partial charge on any atom is 0.252 e. The Labute approximate surface area is 188 Å². The predicted molar refractivity (Wildman–Crippen MR) is 124 cm³/mol. The topological polar surface area (TPSA) is 85.8 Å². The van der Waals surface area contributed by atoms with E-state index in [1.54, 1.807) is 31.3 Å². The van der Waals surface area contributed by atoms with Crippen LogP contribution in [0.4, 0.5) is 0 Å². The summed E-state index contributed by atoms with van der Waals surface area (Å²) in [4.78, 5) is 30.3. The average Bonchev–Trinajstić information content (AvgIpc) is 3.12. The summed E-state index contributed by atoms with van der Waals surface area (Å²) >= 11 is 6.02. The minimum Gasteiger partial charge on any atom is -0.355 e. The van der Waals surface area contributed by atoms with Gasteiger partial charge in [0.25, 0.3) is 5.91 Å². The second-order valence-electron chi connectivity index (χ2n) is 6.80. The first kappa shape index (κ1) is 24.5. The summed E-state index contributed by atoms with van der Waals surface area (Å²) in [7, 11) is 1.70. The molecule has 0 aliphatic carbocycles. The van der Waals surface area contributed by atoms with E-state index in [1.165, 1.54) is 0 Å². The molecule has 2 rings (SSSR count). The van der Waals surface area contributed by atoms with Gasteiger partial charge in [-0.25, -0.2) is 0 Å². The number of carbonyl (C=O) groups excluding carboxylic acids is 2. The van der Waals surface area contributed by atoms with Crippen molar-refractivity contribution in [2.75, 3.05) is 33.2 Å². The van der Waals surface area contributed by atoms with Crippen LogP contribution in [0.2, 0.25) is 5.02 Å². The first-order chi connectivity index (χ1) is 12.9.